The minimum absolute atomic E-state index is 0.178. The largest absolute Gasteiger partial charge is 0.468 e. The van der Waals surface area contributed by atoms with Crippen molar-refractivity contribution in [3.63, 3.8) is 0 Å². The molecule has 0 amide bonds. The predicted molar refractivity (Wildman–Crippen MR) is 80.7 cm³/mol. The van der Waals surface area contributed by atoms with Crippen molar-refractivity contribution in [3.05, 3.63) is 29.3 Å². The van der Waals surface area contributed by atoms with Gasteiger partial charge in [0.25, 0.3) is 0 Å². The summed E-state index contributed by atoms with van der Waals surface area (Å²) in [4.78, 5) is 12.8. The second-order valence-electron chi connectivity index (χ2n) is 4.54. The Labute approximate surface area is 120 Å². The molecule has 0 aliphatic heterocycles. The van der Waals surface area contributed by atoms with Crippen molar-refractivity contribution in [2.24, 2.45) is 0 Å². The first-order valence-corrected chi connectivity index (χ1v) is 7.58. The van der Waals surface area contributed by atoms with E-state index in [0.29, 0.717) is 0 Å². The molecule has 1 atom stereocenters. The molecule has 0 saturated carbocycles. The van der Waals surface area contributed by atoms with Crippen LogP contribution in [0, 0.1) is 13.8 Å². The summed E-state index contributed by atoms with van der Waals surface area (Å²) in [6, 6.07) is 6.26. The van der Waals surface area contributed by atoms with Crippen LogP contribution in [0.25, 0.3) is 0 Å². The third kappa shape index (κ3) is 5.25. The average molecular weight is 281 g/mol. The normalized spacial score (nSPS) is 12.2. The van der Waals surface area contributed by atoms with Gasteiger partial charge in [-0.25, -0.2) is 0 Å². The van der Waals surface area contributed by atoms with E-state index in [9.17, 15) is 4.79 Å². The van der Waals surface area contributed by atoms with Crippen molar-refractivity contribution in [2.75, 3.05) is 19.4 Å². The predicted octanol–water partition coefficient (Wildman–Crippen LogP) is 2.94. The van der Waals surface area contributed by atoms with Gasteiger partial charge >= 0.3 is 5.97 Å². The van der Waals surface area contributed by atoms with Crippen LogP contribution in [-0.2, 0) is 9.53 Å². The fourth-order valence-corrected chi connectivity index (χ4v) is 2.96. The molecule has 1 aromatic rings. The number of esters is 1. The van der Waals surface area contributed by atoms with Crippen molar-refractivity contribution in [1.29, 1.82) is 0 Å². The Hall–Kier alpha value is -1.00. The van der Waals surface area contributed by atoms with Gasteiger partial charge in [0.2, 0.25) is 0 Å². The molecular formula is C15H23NO2S. The SMILES string of the molecule is CCNC(CCSc1ccc(C)cc1C)C(=O)OC. The highest BCUT2D eigenvalue weighted by atomic mass is 32.2. The zero-order valence-electron chi connectivity index (χ0n) is 12.2. The smallest absolute Gasteiger partial charge is 0.322 e. The van der Waals surface area contributed by atoms with E-state index < -0.39 is 0 Å². The zero-order valence-corrected chi connectivity index (χ0v) is 13.0. The molecule has 1 rings (SSSR count). The molecule has 0 aliphatic carbocycles. The molecule has 0 bridgehead atoms. The minimum atomic E-state index is -0.201. The van der Waals surface area contributed by atoms with Gasteiger partial charge in [-0.1, -0.05) is 24.6 Å². The lowest BCUT2D eigenvalue weighted by molar-refractivity contribution is -0.143. The van der Waals surface area contributed by atoms with E-state index in [1.807, 2.05) is 6.92 Å². The number of carbonyl (C=O) groups is 1. The van der Waals surface area contributed by atoms with Gasteiger partial charge < -0.3 is 10.1 Å². The van der Waals surface area contributed by atoms with E-state index in [4.69, 9.17) is 4.74 Å². The lowest BCUT2D eigenvalue weighted by atomic mass is 10.2. The molecule has 3 nitrogen and oxygen atoms in total. The van der Waals surface area contributed by atoms with E-state index in [-0.39, 0.29) is 12.0 Å². The number of ether oxygens (including phenoxy) is 1. The van der Waals surface area contributed by atoms with Crippen molar-refractivity contribution in [1.82, 2.24) is 5.32 Å². The van der Waals surface area contributed by atoms with Crippen molar-refractivity contribution < 1.29 is 9.53 Å². The second kappa shape index (κ2) is 8.23. The fourth-order valence-electron chi connectivity index (χ4n) is 1.94. The van der Waals surface area contributed by atoms with Crippen LogP contribution in [0.4, 0.5) is 0 Å². The van der Waals surface area contributed by atoms with Gasteiger partial charge in [-0.3, -0.25) is 4.79 Å². The molecule has 1 N–H and O–H groups in total. The summed E-state index contributed by atoms with van der Waals surface area (Å²) < 4.78 is 4.80. The summed E-state index contributed by atoms with van der Waals surface area (Å²) in [7, 11) is 1.43. The number of rotatable bonds is 7. The topological polar surface area (TPSA) is 38.3 Å². The molecular weight excluding hydrogens is 258 g/mol. The van der Waals surface area contributed by atoms with E-state index in [1.54, 1.807) is 11.8 Å². The molecule has 0 fully saturated rings. The Balaban J connectivity index is 2.49. The third-order valence-electron chi connectivity index (χ3n) is 2.93. The third-order valence-corrected chi connectivity index (χ3v) is 4.14. The zero-order chi connectivity index (χ0) is 14.3. The summed E-state index contributed by atoms with van der Waals surface area (Å²) >= 11 is 1.79. The Morgan fingerprint density at radius 2 is 2.16 bits per heavy atom. The van der Waals surface area contributed by atoms with Crippen molar-refractivity contribution >= 4 is 17.7 Å². The van der Waals surface area contributed by atoms with Gasteiger partial charge in [-0.15, -0.1) is 11.8 Å². The molecule has 0 spiro atoms. The first-order chi connectivity index (χ1) is 9.08. The minimum Gasteiger partial charge on any atom is -0.468 e. The van der Waals surface area contributed by atoms with Gasteiger partial charge in [0.05, 0.1) is 7.11 Å². The van der Waals surface area contributed by atoms with Crippen LogP contribution in [0.1, 0.15) is 24.5 Å². The maximum absolute atomic E-state index is 11.6. The molecule has 19 heavy (non-hydrogen) atoms. The molecule has 1 aromatic carbocycles. The Morgan fingerprint density at radius 1 is 1.42 bits per heavy atom. The number of carbonyl (C=O) groups excluding carboxylic acids is 1. The van der Waals surface area contributed by atoms with Gasteiger partial charge in [-0.2, -0.15) is 0 Å². The fraction of sp³-hybridized carbons (Fsp3) is 0.533. The summed E-state index contributed by atoms with van der Waals surface area (Å²) in [5, 5.41) is 3.16. The van der Waals surface area contributed by atoms with Crippen LogP contribution < -0.4 is 5.32 Å². The number of hydrogen-bond donors (Lipinski definition) is 1. The van der Waals surface area contributed by atoms with Gasteiger partial charge in [0.1, 0.15) is 6.04 Å². The van der Waals surface area contributed by atoms with E-state index in [2.05, 4.69) is 37.4 Å². The summed E-state index contributed by atoms with van der Waals surface area (Å²) in [5.41, 5.74) is 2.57. The summed E-state index contributed by atoms with van der Waals surface area (Å²) in [5.74, 6) is 0.722. The quantitative estimate of drug-likeness (QED) is 0.616. The lowest BCUT2D eigenvalue weighted by Gasteiger charge is -2.15. The molecule has 0 saturated heterocycles. The Kier molecular flexibility index (Phi) is 6.95. The van der Waals surface area contributed by atoms with E-state index in [1.165, 1.54) is 23.1 Å². The number of methoxy groups -OCH3 is 1. The van der Waals surface area contributed by atoms with Crippen LogP contribution in [0.15, 0.2) is 23.1 Å². The maximum Gasteiger partial charge on any atom is 0.322 e. The Bertz CT molecular complexity index is 421. The molecule has 106 valence electrons. The molecule has 4 heteroatoms. The highest BCUT2D eigenvalue weighted by Crippen LogP contribution is 2.24. The first kappa shape index (κ1) is 16.1. The highest BCUT2D eigenvalue weighted by Gasteiger charge is 2.17. The van der Waals surface area contributed by atoms with E-state index in [0.717, 1.165) is 18.7 Å². The molecule has 0 radical (unpaired) electrons. The van der Waals surface area contributed by atoms with Gasteiger partial charge in [-0.05, 0) is 38.4 Å². The first-order valence-electron chi connectivity index (χ1n) is 6.59. The summed E-state index contributed by atoms with van der Waals surface area (Å²) in [6.07, 6.45) is 0.776. The molecule has 0 aliphatic rings. The van der Waals surface area contributed by atoms with E-state index >= 15 is 0 Å². The number of thioether (sulfide) groups is 1. The molecule has 0 aromatic heterocycles. The summed E-state index contributed by atoms with van der Waals surface area (Å²) in [6.45, 7) is 6.98. The Morgan fingerprint density at radius 3 is 2.74 bits per heavy atom. The van der Waals surface area contributed by atoms with Crippen molar-refractivity contribution in [2.45, 2.75) is 38.1 Å². The number of likely N-dealkylation sites (N-methyl/N-ethyl adjacent to an activating group) is 1. The van der Waals surface area contributed by atoms with Crippen LogP contribution in [0.3, 0.4) is 0 Å². The number of nitrogens with one attached hydrogen (secondary N) is 1. The molecule has 1 unspecified atom stereocenters. The van der Waals surface area contributed by atoms with Crippen LogP contribution in [-0.4, -0.2) is 31.4 Å². The van der Waals surface area contributed by atoms with Gasteiger partial charge in [0.15, 0.2) is 0 Å². The van der Waals surface area contributed by atoms with Crippen LogP contribution in [0.5, 0.6) is 0 Å². The monoisotopic (exact) mass is 281 g/mol. The lowest BCUT2D eigenvalue weighted by Crippen LogP contribution is -2.37. The van der Waals surface area contributed by atoms with Crippen LogP contribution in [0.2, 0.25) is 0 Å². The number of aryl methyl sites for hydroxylation is 2. The van der Waals surface area contributed by atoms with Crippen molar-refractivity contribution in [3.8, 4) is 0 Å². The van der Waals surface area contributed by atoms with Gasteiger partial charge in [0, 0.05) is 10.6 Å². The highest BCUT2D eigenvalue weighted by molar-refractivity contribution is 7.99. The average Bonchev–Trinajstić information content (AvgIpc) is 2.39. The number of benzene rings is 1. The number of hydrogen-bond acceptors (Lipinski definition) is 4. The maximum atomic E-state index is 11.6. The molecule has 0 heterocycles. The standard InChI is InChI=1S/C15H23NO2S/c1-5-16-13(15(17)18-4)8-9-19-14-7-6-11(2)10-12(14)3/h6-7,10,13,16H,5,8-9H2,1-4H3. The second-order valence-corrected chi connectivity index (χ2v) is 5.68. The van der Waals surface area contributed by atoms with Crippen LogP contribution >= 0.6 is 11.8 Å².